The third kappa shape index (κ3) is 3.69. The molecule has 2 atom stereocenters. The topological polar surface area (TPSA) is 115 Å². The minimum Gasteiger partial charge on any atom is -0.394 e. The summed E-state index contributed by atoms with van der Waals surface area (Å²) in [6.07, 6.45) is 8.67. The molecular weight excluding hydrogens is 382 g/mol. The first kappa shape index (κ1) is 18.8. The van der Waals surface area contributed by atoms with Crippen LogP contribution in [0, 0.1) is 5.92 Å². The van der Waals surface area contributed by atoms with E-state index >= 15 is 0 Å². The van der Waals surface area contributed by atoms with E-state index in [0.29, 0.717) is 23.6 Å². The number of aliphatic hydroxyl groups is 2. The van der Waals surface area contributed by atoms with Gasteiger partial charge in [0, 0.05) is 18.2 Å². The number of benzene rings is 1. The Balaban J connectivity index is 1.40. The predicted octanol–water partition coefficient (Wildman–Crippen LogP) is 1.77. The van der Waals surface area contributed by atoms with E-state index in [1.807, 2.05) is 30.5 Å². The van der Waals surface area contributed by atoms with Crippen molar-refractivity contribution >= 4 is 11.2 Å². The molecule has 1 aliphatic carbocycles. The highest BCUT2D eigenvalue weighted by atomic mass is 16.3. The second-order valence-corrected chi connectivity index (χ2v) is 7.80. The van der Waals surface area contributed by atoms with Crippen molar-refractivity contribution in [1.29, 1.82) is 0 Å². The summed E-state index contributed by atoms with van der Waals surface area (Å²) in [5, 5.41) is 31.5. The lowest BCUT2D eigenvalue weighted by molar-refractivity contribution is 0.177. The fourth-order valence-corrected chi connectivity index (χ4v) is 4.06. The van der Waals surface area contributed by atoms with Crippen LogP contribution < -0.4 is 0 Å². The van der Waals surface area contributed by atoms with Crippen molar-refractivity contribution in [1.82, 2.24) is 34.7 Å². The predicted molar refractivity (Wildman–Crippen MR) is 110 cm³/mol. The largest absolute Gasteiger partial charge is 0.394 e. The summed E-state index contributed by atoms with van der Waals surface area (Å²) in [4.78, 5) is 9.15. The molecule has 3 aromatic heterocycles. The Morgan fingerprint density at radius 3 is 2.70 bits per heavy atom. The van der Waals surface area contributed by atoms with Crippen LogP contribution in [0.15, 0.2) is 42.9 Å². The Labute approximate surface area is 173 Å². The number of aromatic nitrogens is 7. The summed E-state index contributed by atoms with van der Waals surface area (Å²) in [6, 6.07) is 7.96. The van der Waals surface area contributed by atoms with Crippen LogP contribution in [0.3, 0.4) is 0 Å². The molecular formula is C21H23N7O2. The summed E-state index contributed by atoms with van der Waals surface area (Å²) in [6.45, 7) is 0.537. The van der Waals surface area contributed by atoms with Crippen molar-refractivity contribution in [3.05, 3.63) is 48.7 Å². The van der Waals surface area contributed by atoms with Gasteiger partial charge in [0.1, 0.15) is 5.82 Å². The van der Waals surface area contributed by atoms with E-state index in [4.69, 9.17) is 10.1 Å². The normalized spacial score (nSPS) is 19.0. The molecule has 4 aromatic rings. The monoisotopic (exact) mass is 405 g/mol. The first-order chi connectivity index (χ1) is 14.7. The second-order valence-electron chi connectivity index (χ2n) is 7.80. The molecule has 0 saturated heterocycles. The highest BCUT2D eigenvalue weighted by Gasteiger charge is 2.24. The van der Waals surface area contributed by atoms with Gasteiger partial charge in [-0.15, -0.1) is 5.10 Å². The molecule has 3 heterocycles. The quantitative estimate of drug-likeness (QED) is 0.502. The SMILES string of the molecule is OCCn1cc(-c2ccc(-n3nnc4cnc(C[C@H]5CC[C@H](O)C5)nc43)cc2)cn1. The molecule has 1 aliphatic rings. The van der Waals surface area contributed by atoms with Gasteiger partial charge in [-0.2, -0.15) is 9.78 Å². The molecule has 0 radical (unpaired) electrons. The van der Waals surface area contributed by atoms with Crippen LogP contribution in [0.1, 0.15) is 25.1 Å². The van der Waals surface area contributed by atoms with E-state index in [1.54, 1.807) is 21.8 Å². The van der Waals surface area contributed by atoms with Crippen molar-refractivity contribution in [2.24, 2.45) is 5.92 Å². The van der Waals surface area contributed by atoms with E-state index in [0.717, 1.165) is 48.3 Å². The van der Waals surface area contributed by atoms with Crippen molar-refractivity contribution < 1.29 is 10.2 Å². The summed E-state index contributed by atoms with van der Waals surface area (Å²) in [7, 11) is 0. The molecule has 0 amide bonds. The van der Waals surface area contributed by atoms with Gasteiger partial charge in [0.15, 0.2) is 11.2 Å². The van der Waals surface area contributed by atoms with Crippen molar-refractivity contribution in [2.45, 2.75) is 38.3 Å². The maximum Gasteiger partial charge on any atom is 0.187 e. The molecule has 30 heavy (non-hydrogen) atoms. The zero-order valence-electron chi connectivity index (χ0n) is 16.5. The average Bonchev–Trinajstić information content (AvgIpc) is 3.49. The molecule has 0 unspecified atom stereocenters. The summed E-state index contributed by atoms with van der Waals surface area (Å²) in [5.74, 6) is 1.19. The van der Waals surface area contributed by atoms with Crippen LogP contribution in [0.25, 0.3) is 28.0 Å². The van der Waals surface area contributed by atoms with Gasteiger partial charge < -0.3 is 10.2 Å². The van der Waals surface area contributed by atoms with Gasteiger partial charge in [0.2, 0.25) is 0 Å². The molecule has 9 heteroatoms. The van der Waals surface area contributed by atoms with Crippen molar-refractivity contribution in [3.63, 3.8) is 0 Å². The second kappa shape index (κ2) is 7.92. The maximum atomic E-state index is 9.76. The molecule has 0 spiro atoms. The van der Waals surface area contributed by atoms with Gasteiger partial charge in [-0.05, 0) is 42.9 Å². The number of rotatable bonds is 6. The minimum atomic E-state index is -0.194. The molecule has 0 bridgehead atoms. The lowest BCUT2D eigenvalue weighted by Crippen LogP contribution is -2.07. The smallest absolute Gasteiger partial charge is 0.187 e. The van der Waals surface area contributed by atoms with E-state index in [2.05, 4.69) is 20.4 Å². The Kier molecular flexibility index (Phi) is 4.97. The molecule has 2 N–H and O–H groups in total. The molecule has 1 fully saturated rings. The van der Waals surface area contributed by atoms with Gasteiger partial charge in [-0.3, -0.25) is 4.68 Å². The van der Waals surface area contributed by atoms with Crippen molar-refractivity contribution in [2.75, 3.05) is 6.61 Å². The van der Waals surface area contributed by atoms with Gasteiger partial charge in [0.25, 0.3) is 0 Å². The first-order valence-corrected chi connectivity index (χ1v) is 10.2. The number of hydrogen-bond donors (Lipinski definition) is 2. The van der Waals surface area contributed by atoms with E-state index < -0.39 is 0 Å². The van der Waals surface area contributed by atoms with Crippen LogP contribution in [-0.4, -0.2) is 57.7 Å². The van der Waals surface area contributed by atoms with Gasteiger partial charge in [-0.1, -0.05) is 17.3 Å². The highest BCUT2D eigenvalue weighted by molar-refractivity contribution is 5.71. The van der Waals surface area contributed by atoms with Gasteiger partial charge in [0.05, 0.1) is 37.3 Å². The van der Waals surface area contributed by atoms with Gasteiger partial charge in [-0.25, -0.2) is 9.97 Å². The average molecular weight is 405 g/mol. The van der Waals surface area contributed by atoms with E-state index in [-0.39, 0.29) is 12.7 Å². The number of aliphatic hydroxyl groups excluding tert-OH is 2. The minimum absolute atomic E-state index is 0.0601. The maximum absolute atomic E-state index is 9.76. The molecule has 1 saturated carbocycles. The van der Waals surface area contributed by atoms with E-state index in [9.17, 15) is 5.11 Å². The Bertz CT molecular complexity index is 1150. The standard InChI is InChI=1S/C21H23N7O2/c29-8-7-27-13-16(11-23-27)15-2-4-17(5-3-15)28-21-19(25-26-28)12-22-20(24-21)10-14-1-6-18(30)9-14/h2-5,11-14,18,29-30H,1,6-10H2/t14-,18-/m0/s1. The molecule has 5 rings (SSSR count). The number of nitrogens with zero attached hydrogens (tertiary/aromatic N) is 7. The molecule has 154 valence electrons. The number of fused-ring (bicyclic) bond motifs is 1. The molecule has 9 nitrogen and oxygen atoms in total. The van der Waals surface area contributed by atoms with Crippen LogP contribution in [-0.2, 0) is 13.0 Å². The number of hydrogen-bond acceptors (Lipinski definition) is 7. The lowest BCUT2D eigenvalue weighted by Gasteiger charge is -2.08. The Morgan fingerprint density at radius 2 is 1.93 bits per heavy atom. The highest BCUT2D eigenvalue weighted by Crippen LogP contribution is 2.28. The zero-order valence-corrected chi connectivity index (χ0v) is 16.5. The first-order valence-electron chi connectivity index (χ1n) is 10.2. The van der Waals surface area contributed by atoms with Crippen molar-refractivity contribution in [3.8, 4) is 16.8 Å². The summed E-state index contributed by atoms with van der Waals surface area (Å²) < 4.78 is 3.44. The van der Waals surface area contributed by atoms with Crippen LogP contribution >= 0.6 is 0 Å². The fraction of sp³-hybridized carbons (Fsp3) is 0.381. The zero-order chi connectivity index (χ0) is 20.5. The van der Waals surface area contributed by atoms with Crippen LogP contribution in [0.4, 0.5) is 0 Å². The molecule has 0 aliphatic heterocycles. The molecule has 1 aromatic carbocycles. The summed E-state index contributed by atoms with van der Waals surface area (Å²) in [5.41, 5.74) is 4.22. The Hall–Kier alpha value is -3.17. The lowest BCUT2D eigenvalue weighted by atomic mass is 10.0. The fourth-order valence-electron chi connectivity index (χ4n) is 4.06. The third-order valence-electron chi connectivity index (χ3n) is 5.63. The van der Waals surface area contributed by atoms with Crippen LogP contribution in [0.2, 0.25) is 0 Å². The van der Waals surface area contributed by atoms with Crippen LogP contribution in [0.5, 0.6) is 0 Å². The third-order valence-corrected chi connectivity index (χ3v) is 5.63. The van der Waals surface area contributed by atoms with E-state index in [1.165, 1.54) is 0 Å². The van der Waals surface area contributed by atoms with Gasteiger partial charge >= 0.3 is 0 Å². The summed E-state index contributed by atoms with van der Waals surface area (Å²) >= 11 is 0. The Morgan fingerprint density at radius 1 is 1.07 bits per heavy atom.